The number of nitrogens with one attached hydrogen (secondary N) is 1. The van der Waals surface area contributed by atoms with Crippen molar-refractivity contribution in [3.8, 4) is 0 Å². The molecule has 23 heavy (non-hydrogen) atoms. The van der Waals surface area contributed by atoms with E-state index in [9.17, 15) is 9.59 Å². The van der Waals surface area contributed by atoms with Gasteiger partial charge in [0.25, 0.3) is 0 Å². The van der Waals surface area contributed by atoms with Gasteiger partial charge >= 0.3 is 5.97 Å². The molecule has 0 fully saturated rings. The van der Waals surface area contributed by atoms with E-state index >= 15 is 0 Å². The average Bonchev–Trinajstić information content (AvgIpc) is 2.56. The number of benzene rings is 1. The first-order valence-corrected chi connectivity index (χ1v) is 7.57. The number of rotatable bonds is 6. The van der Waals surface area contributed by atoms with Crippen LogP contribution in [0.3, 0.4) is 0 Å². The molecular weight excluding hydrogens is 292 g/mol. The Balaban J connectivity index is 1.91. The van der Waals surface area contributed by atoms with Crippen LogP contribution in [0.15, 0.2) is 48.8 Å². The lowest BCUT2D eigenvalue weighted by Crippen LogP contribution is -2.14. The highest BCUT2D eigenvalue weighted by molar-refractivity contribution is 5.93. The maximum Gasteiger partial charge on any atom is 0.338 e. The lowest BCUT2D eigenvalue weighted by molar-refractivity contribution is -0.116. The van der Waals surface area contributed by atoms with E-state index in [-0.39, 0.29) is 17.8 Å². The maximum absolute atomic E-state index is 12.1. The lowest BCUT2D eigenvalue weighted by atomic mass is 9.99. The zero-order chi connectivity index (χ0) is 16.7. The molecular formula is C18H20N2O3. The molecule has 5 heteroatoms. The molecule has 0 aliphatic rings. The van der Waals surface area contributed by atoms with Crippen molar-refractivity contribution in [2.75, 3.05) is 11.9 Å². The number of aromatic nitrogens is 1. The van der Waals surface area contributed by atoms with Crippen molar-refractivity contribution in [2.24, 2.45) is 0 Å². The van der Waals surface area contributed by atoms with E-state index in [2.05, 4.69) is 10.3 Å². The van der Waals surface area contributed by atoms with Crippen LogP contribution in [0, 0.1) is 0 Å². The SMILES string of the molecule is CCOC(=O)c1ccc(NC(=O)CC(C)c2cccnc2)cc1. The van der Waals surface area contributed by atoms with E-state index < -0.39 is 0 Å². The van der Waals surface area contributed by atoms with E-state index in [1.54, 1.807) is 43.6 Å². The highest BCUT2D eigenvalue weighted by atomic mass is 16.5. The molecule has 0 bridgehead atoms. The number of carbonyl (C=O) groups is 2. The second kappa shape index (κ2) is 8.08. The number of anilines is 1. The topological polar surface area (TPSA) is 68.3 Å². The molecule has 1 heterocycles. The van der Waals surface area contributed by atoms with Gasteiger partial charge in [0.15, 0.2) is 0 Å². The quantitative estimate of drug-likeness (QED) is 0.830. The molecule has 2 rings (SSSR count). The number of hydrogen-bond acceptors (Lipinski definition) is 4. The Bertz CT molecular complexity index is 654. The minimum absolute atomic E-state index is 0.0785. The molecule has 0 aliphatic heterocycles. The molecule has 0 spiro atoms. The number of carbonyl (C=O) groups excluding carboxylic acids is 2. The van der Waals surface area contributed by atoms with Crippen molar-refractivity contribution in [3.63, 3.8) is 0 Å². The minimum atomic E-state index is -0.365. The molecule has 1 atom stereocenters. The van der Waals surface area contributed by atoms with Crippen molar-refractivity contribution in [2.45, 2.75) is 26.2 Å². The maximum atomic E-state index is 12.1. The number of amides is 1. The van der Waals surface area contributed by atoms with E-state index in [1.807, 2.05) is 19.1 Å². The van der Waals surface area contributed by atoms with Gasteiger partial charge in [0, 0.05) is 24.5 Å². The first-order chi connectivity index (χ1) is 11.1. The monoisotopic (exact) mass is 312 g/mol. The van der Waals surface area contributed by atoms with Gasteiger partial charge in [0.2, 0.25) is 5.91 Å². The summed E-state index contributed by atoms with van der Waals surface area (Å²) in [7, 11) is 0. The number of esters is 1. The number of ether oxygens (including phenoxy) is 1. The van der Waals surface area contributed by atoms with E-state index in [0.717, 1.165) is 5.56 Å². The molecule has 2 aromatic rings. The van der Waals surface area contributed by atoms with Crippen molar-refractivity contribution < 1.29 is 14.3 Å². The van der Waals surface area contributed by atoms with Crippen LogP contribution in [0.5, 0.6) is 0 Å². The van der Waals surface area contributed by atoms with Crippen LogP contribution >= 0.6 is 0 Å². The van der Waals surface area contributed by atoms with Crippen LogP contribution in [0.25, 0.3) is 0 Å². The van der Waals surface area contributed by atoms with Gasteiger partial charge in [-0.25, -0.2) is 4.79 Å². The Morgan fingerprint density at radius 1 is 1.22 bits per heavy atom. The smallest absolute Gasteiger partial charge is 0.338 e. The van der Waals surface area contributed by atoms with Crippen LogP contribution in [-0.4, -0.2) is 23.5 Å². The number of pyridine rings is 1. The summed E-state index contributed by atoms with van der Waals surface area (Å²) in [6, 6.07) is 10.5. The number of nitrogens with zero attached hydrogens (tertiary/aromatic N) is 1. The first kappa shape index (κ1) is 16.7. The van der Waals surface area contributed by atoms with Gasteiger partial charge in [0.1, 0.15) is 0 Å². The fourth-order valence-corrected chi connectivity index (χ4v) is 2.18. The third-order valence-electron chi connectivity index (χ3n) is 3.42. The molecule has 1 N–H and O–H groups in total. The van der Waals surface area contributed by atoms with Crippen LogP contribution in [-0.2, 0) is 9.53 Å². The largest absolute Gasteiger partial charge is 0.462 e. The molecule has 0 radical (unpaired) electrons. The predicted molar refractivity (Wildman–Crippen MR) is 88.3 cm³/mol. The Hall–Kier alpha value is -2.69. The van der Waals surface area contributed by atoms with Crippen molar-refractivity contribution in [1.82, 2.24) is 4.98 Å². The van der Waals surface area contributed by atoms with E-state index in [0.29, 0.717) is 24.3 Å². The number of hydrogen-bond donors (Lipinski definition) is 1. The third kappa shape index (κ3) is 4.92. The van der Waals surface area contributed by atoms with Gasteiger partial charge in [-0.3, -0.25) is 9.78 Å². The second-order valence-electron chi connectivity index (χ2n) is 5.24. The van der Waals surface area contributed by atoms with Gasteiger partial charge in [-0.05, 0) is 48.7 Å². The zero-order valence-corrected chi connectivity index (χ0v) is 13.3. The van der Waals surface area contributed by atoms with Gasteiger partial charge in [0.05, 0.1) is 12.2 Å². The highest BCUT2D eigenvalue weighted by Gasteiger charge is 2.12. The van der Waals surface area contributed by atoms with Gasteiger partial charge in [-0.1, -0.05) is 13.0 Å². The molecule has 5 nitrogen and oxygen atoms in total. The molecule has 0 saturated carbocycles. The predicted octanol–water partition coefficient (Wildman–Crippen LogP) is 3.39. The third-order valence-corrected chi connectivity index (χ3v) is 3.42. The summed E-state index contributed by atoms with van der Waals surface area (Å²) in [5.74, 6) is -0.358. The zero-order valence-electron chi connectivity index (χ0n) is 13.3. The Kier molecular flexibility index (Phi) is 5.86. The lowest BCUT2D eigenvalue weighted by Gasteiger charge is -2.12. The summed E-state index contributed by atoms with van der Waals surface area (Å²) < 4.78 is 4.92. The van der Waals surface area contributed by atoms with E-state index in [4.69, 9.17) is 4.74 Å². The normalized spacial score (nSPS) is 11.6. The summed E-state index contributed by atoms with van der Waals surface area (Å²) in [6.07, 6.45) is 3.85. The van der Waals surface area contributed by atoms with Gasteiger partial charge in [-0.2, -0.15) is 0 Å². The van der Waals surface area contributed by atoms with Crippen molar-refractivity contribution in [3.05, 3.63) is 59.9 Å². The molecule has 1 amide bonds. The van der Waals surface area contributed by atoms with Crippen molar-refractivity contribution in [1.29, 1.82) is 0 Å². The summed E-state index contributed by atoms with van der Waals surface area (Å²) in [5, 5.41) is 2.83. The minimum Gasteiger partial charge on any atom is -0.462 e. The Morgan fingerprint density at radius 2 is 1.96 bits per heavy atom. The van der Waals surface area contributed by atoms with Crippen LogP contribution in [0.4, 0.5) is 5.69 Å². The van der Waals surface area contributed by atoms with Gasteiger partial charge in [-0.15, -0.1) is 0 Å². The summed E-state index contributed by atoms with van der Waals surface area (Å²) in [4.78, 5) is 27.7. The second-order valence-corrected chi connectivity index (χ2v) is 5.24. The molecule has 0 aliphatic carbocycles. The van der Waals surface area contributed by atoms with Gasteiger partial charge < -0.3 is 10.1 Å². The van der Waals surface area contributed by atoms with E-state index in [1.165, 1.54) is 0 Å². The molecule has 120 valence electrons. The average molecular weight is 312 g/mol. The summed E-state index contributed by atoms with van der Waals surface area (Å²) in [6.45, 7) is 4.08. The molecule has 0 saturated heterocycles. The Labute approximate surface area is 135 Å². The standard InChI is InChI=1S/C18H20N2O3/c1-3-23-18(22)14-6-8-16(9-7-14)20-17(21)11-13(2)15-5-4-10-19-12-15/h4-10,12-13H,3,11H2,1-2H3,(H,20,21). The molecule has 1 aromatic carbocycles. The Morgan fingerprint density at radius 3 is 2.57 bits per heavy atom. The first-order valence-electron chi connectivity index (χ1n) is 7.57. The molecule has 1 aromatic heterocycles. The van der Waals surface area contributed by atoms with Crippen LogP contribution < -0.4 is 5.32 Å². The molecule has 1 unspecified atom stereocenters. The van der Waals surface area contributed by atoms with Crippen LogP contribution in [0.2, 0.25) is 0 Å². The highest BCUT2D eigenvalue weighted by Crippen LogP contribution is 2.19. The summed E-state index contributed by atoms with van der Waals surface area (Å²) >= 11 is 0. The van der Waals surface area contributed by atoms with Crippen molar-refractivity contribution >= 4 is 17.6 Å². The summed E-state index contributed by atoms with van der Waals surface area (Å²) in [5.41, 5.74) is 2.15. The van der Waals surface area contributed by atoms with Crippen LogP contribution in [0.1, 0.15) is 42.1 Å². The fraction of sp³-hybridized carbons (Fsp3) is 0.278. The fourth-order valence-electron chi connectivity index (χ4n) is 2.18.